The molecular formula is C17H25N3O2S. The van der Waals surface area contributed by atoms with Gasteiger partial charge in [-0.2, -0.15) is 11.3 Å². The first-order chi connectivity index (χ1) is 11.2. The van der Waals surface area contributed by atoms with Crippen molar-refractivity contribution < 1.29 is 9.59 Å². The van der Waals surface area contributed by atoms with Crippen LogP contribution in [0.3, 0.4) is 0 Å². The maximum Gasteiger partial charge on any atom is 0.309 e. The van der Waals surface area contributed by atoms with E-state index in [1.54, 1.807) is 11.3 Å². The topological polar surface area (TPSA) is 61.4 Å². The summed E-state index contributed by atoms with van der Waals surface area (Å²) in [7, 11) is 0. The van der Waals surface area contributed by atoms with E-state index in [9.17, 15) is 9.59 Å². The van der Waals surface area contributed by atoms with E-state index in [1.807, 2.05) is 0 Å². The first kappa shape index (κ1) is 16.5. The van der Waals surface area contributed by atoms with Crippen LogP contribution in [0, 0.1) is 0 Å². The fraction of sp³-hybridized carbons (Fsp3) is 0.647. The Morgan fingerprint density at radius 3 is 2.52 bits per heavy atom. The fourth-order valence-electron chi connectivity index (χ4n) is 3.08. The largest absolute Gasteiger partial charge is 0.346 e. The monoisotopic (exact) mass is 335 g/mol. The maximum absolute atomic E-state index is 12.0. The van der Waals surface area contributed by atoms with E-state index in [1.165, 1.54) is 31.2 Å². The normalized spacial score (nSPS) is 20.5. The molecule has 2 amide bonds. The molecule has 1 aromatic heterocycles. The number of rotatable bonds is 5. The molecular weight excluding hydrogens is 310 g/mol. The van der Waals surface area contributed by atoms with Gasteiger partial charge in [-0.3, -0.25) is 14.5 Å². The van der Waals surface area contributed by atoms with Crippen LogP contribution < -0.4 is 10.6 Å². The van der Waals surface area contributed by atoms with Crippen LogP contribution in [0.4, 0.5) is 0 Å². The first-order valence-electron chi connectivity index (χ1n) is 8.59. The summed E-state index contributed by atoms with van der Waals surface area (Å²) in [5, 5.41) is 9.79. The Morgan fingerprint density at radius 1 is 1.17 bits per heavy atom. The number of hydrogen-bond acceptors (Lipinski definition) is 4. The number of hydrogen-bond donors (Lipinski definition) is 2. The van der Waals surface area contributed by atoms with Crippen LogP contribution in [0.15, 0.2) is 16.8 Å². The van der Waals surface area contributed by atoms with Gasteiger partial charge in [-0.15, -0.1) is 0 Å². The number of carbonyl (C=O) groups is 2. The van der Waals surface area contributed by atoms with Crippen LogP contribution in [0.2, 0.25) is 0 Å². The molecule has 6 heteroatoms. The van der Waals surface area contributed by atoms with E-state index in [2.05, 4.69) is 32.4 Å². The van der Waals surface area contributed by atoms with Gasteiger partial charge in [-0.25, -0.2) is 0 Å². The molecule has 1 unspecified atom stereocenters. The van der Waals surface area contributed by atoms with E-state index < -0.39 is 11.8 Å². The molecule has 0 radical (unpaired) electrons. The third-order valence-corrected chi connectivity index (χ3v) is 5.29. The van der Waals surface area contributed by atoms with Gasteiger partial charge >= 0.3 is 11.8 Å². The second kappa shape index (κ2) is 7.93. The van der Waals surface area contributed by atoms with E-state index in [0.717, 1.165) is 25.9 Å². The Balaban J connectivity index is 1.59. The third kappa shape index (κ3) is 4.78. The highest BCUT2D eigenvalue weighted by atomic mass is 32.1. The van der Waals surface area contributed by atoms with E-state index in [0.29, 0.717) is 6.54 Å². The first-order valence-corrected chi connectivity index (χ1v) is 9.53. The summed E-state index contributed by atoms with van der Waals surface area (Å²) in [4.78, 5) is 26.2. The molecule has 1 atom stereocenters. The zero-order valence-electron chi connectivity index (χ0n) is 13.4. The molecule has 126 valence electrons. The van der Waals surface area contributed by atoms with Gasteiger partial charge in [0.05, 0.1) is 6.04 Å². The SMILES string of the molecule is O=C(NCC(c1ccsc1)N1CCCCCC1)C(=O)NC1CC1. The van der Waals surface area contributed by atoms with Crippen molar-refractivity contribution in [3.63, 3.8) is 0 Å². The van der Waals surface area contributed by atoms with Crippen LogP contribution in [0.25, 0.3) is 0 Å². The molecule has 1 saturated heterocycles. The fourth-order valence-corrected chi connectivity index (χ4v) is 3.78. The minimum Gasteiger partial charge on any atom is -0.346 e. The quantitative estimate of drug-likeness (QED) is 0.810. The Hall–Kier alpha value is -1.40. The average molecular weight is 335 g/mol. The molecule has 23 heavy (non-hydrogen) atoms. The lowest BCUT2D eigenvalue weighted by Gasteiger charge is -2.30. The Labute approximate surface area is 141 Å². The second-order valence-corrected chi connectivity index (χ2v) is 7.26. The van der Waals surface area contributed by atoms with Crippen LogP contribution >= 0.6 is 11.3 Å². The number of nitrogens with zero attached hydrogens (tertiary/aromatic N) is 1. The van der Waals surface area contributed by atoms with Crippen molar-refractivity contribution in [2.45, 2.75) is 50.6 Å². The van der Waals surface area contributed by atoms with Crippen LogP contribution in [0.1, 0.15) is 50.1 Å². The van der Waals surface area contributed by atoms with Gasteiger partial charge in [0.1, 0.15) is 0 Å². The summed E-state index contributed by atoms with van der Waals surface area (Å²) in [6.07, 6.45) is 6.95. The van der Waals surface area contributed by atoms with Crippen molar-refractivity contribution in [2.75, 3.05) is 19.6 Å². The van der Waals surface area contributed by atoms with Crippen molar-refractivity contribution >= 4 is 23.2 Å². The Morgan fingerprint density at radius 2 is 1.91 bits per heavy atom. The molecule has 1 saturated carbocycles. The lowest BCUT2D eigenvalue weighted by atomic mass is 10.1. The number of amides is 2. The van der Waals surface area contributed by atoms with Crippen LogP contribution in [-0.2, 0) is 9.59 Å². The predicted molar refractivity (Wildman–Crippen MR) is 91.3 cm³/mol. The van der Waals surface area contributed by atoms with E-state index >= 15 is 0 Å². The third-order valence-electron chi connectivity index (χ3n) is 4.58. The standard InChI is InChI=1S/C17H25N3O2S/c21-16(17(22)19-14-5-6-14)18-11-15(13-7-10-23-12-13)20-8-3-1-2-4-9-20/h7,10,12,14-15H,1-6,8-9,11H2,(H,18,21)(H,19,22). The minimum absolute atomic E-state index is 0.164. The predicted octanol–water partition coefficient (Wildman–Crippen LogP) is 2.06. The maximum atomic E-state index is 12.0. The zero-order chi connectivity index (χ0) is 16.1. The molecule has 1 aliphatic heterocycles. The molecule has 2 N–H and O–H groups in total. The summed E-state index contributed by atoms with van der Waals surface area (Å²) in [6, 6.07) is 2.50. The molecule has 0 aromatic carbocycles. The zero-order valence-corrected chi connectivity index (χ0v) is 14.2. The summed E-state index contributed by atoms with van der Waals surface area (Å²) in [5.74, 6) is -1.00. The van der Waals surface area contributed by atoms with Crippen LogP contribution in [-0.4, -0.2) is 42.4 Å². The number of carbonyl (C=O) groups excluding carboxylic acids is 2. The molecule has 2 heterocycles. The molecule has 0 spiro atoms. The summed E-state index contributed by atoms with van der Waals surface area (Å²) < 4.78 is 0. The number of nitrogens with one attached hydrogen (secondary N) is 2. The summed E-state index contributed by atoms with van der Waals surface area (Å²) in [6.45, 7) is 2.61. The smallest absolute Gasteiger partial charge is 0.309 e. The molecule has 3 rings (SSSR count). The highest BCUT2D eigenvalue weighted by Crippen LogP contribution is 2.25. The highest BCUT2D eigenvalue weighted by molar-refractivity contribution is 7.07. The van der Waals surface area contributed by atoms with Crippen molar-refractivity contribution in [1.29, 1.82) is 0 Å². The van der Waals surface area contributed by atoms with E-state index in [4.69, 9.17) is 0 Å². The number of likely N-dealkylation sites (tertiary alicyclic amines) is 1. The molecule has 2 fully saturated rings. The second-order valence-electron chi connectivity index (χ2n) is 6.48. The Bertz CT molecular complexity index is 520. The van der Waals surface area contributed by atoms with Gasteiger partial charge in [0.2, 0.25) is 0 Å². The molecule has 1 aliphatic carbocycles. The van der Waals surface area contributed by atoms with Gasteiger partial charge in [0, 0.05) is 12.6 Å². The van der Waals surface area contributed by atoms with Crippen molar-refractivity contribution in [1.82, 2.24) is 15.5 Å². The summed E-state index contributed by atoms with van der Waals surface area (Å²) in [5.41, 5.74) is 1.24. The van der Waals surface area contributed by atoms with Crippen LogP contribution in [0.5, 0.6) is 0 Å². The Kier molecular flexibility index (Phi) is 5.67. The van der Waals surface area contributed by atoms with Gasteiger partial charge in [-0.05, 0) is 61.2 Å². The minimum atomic E-state index is -0.507. The molecule has 0 bridgehead atoms. The van der Waals surface area contributed by atoms with Gasteiger partial charge in [0.15, 0.2) is 0 Å². The van der Waals surface area contributed by atoms with Crippen molar-refractivity contribution in [3.8, 4) is 0 Å². The lowest BCUT2D eigenvalue weighted by molar-refractivity contribution is -0.139. The van der Waals surface area contributed by atoms with E-state index in [-0.39, 0.29) is 12.1 Å². The summed E-state index contributed by atoms with van der Waals surface area (Å²) >= 11 is 1.68. The number of thiophene rings is 1. The molecule has 1 aromatic rings. The lowest BCUT2D eigenvalue weighted by Crippen LogP contribution is -2.44. The molecule has 2 aliphatic rings. The van der Waals surface area contributed by atoms with Crippen molar-refractivity contribution in [2.24, 2.45) is 0 Å². The average Bonchev–Trinajstić information content (AvgIpc) is 3.27. The van der Waals surface area contributed by atoms with Gasteiger partial charge in [0.25, 0.3) is 0 Å². The highest BCUT2D eigenvalue weighted by Gasteiger charge is 2.28. The van der Waals surface area contributed by atoms with Gasteiger partial charge < -0.3 is 10.6 Å². The van der Waals surface area contributed by atoms with Gasteiger partial charge in [-0.1, -0.05) is 12.8 Å². The van der Waals surface area contributed by atoms with Crippen molar-refractivity contribution in [3.05, 3.63) is 22.4 Å². The molecule has 5 nitrogen and oxygen atoms in total.